The quantitative estimate of drug-likeness (QED) is 0.170. The fraction of sp³-hybridized carbons (Fsp3) is 0.368. The minimum atomic E-state index is -4.14. The zero-order chi connectivity index (χ0) is 33.7. The van der Waals surface area contributed by atoms with Gasteiger partial charge in [0, 0.05) is 47.8 Å². The lowest BCUT2D eigenvalue weighted by Crippen LogP contribution is -2.45. The van der Waals surface area contributed by atoms with E-state index in [1.165, 1.54) is 24.8 Å². The van der Waals surface area contributed by atoms with Crippen molar-refractivity contribution in [3.05, 3.63) is 110 Å². The molecule has 0 radical (unpaired) electrons. The van der Waals surface area contributed by atoms with Crippen molar-refractivity contribution < 1.29 is 26.9 Å². The van der Waals surface area contributed by atoms with E-state index in [0.29, 0.717) is 52.5 Å². The molecule has 7 nitrogen and oxygen atoms in total. The minimum Gasteiger partial charge on any atom is -0.493 e. The molecule has 9 heteroatoms. The van der Waals surface area contributed by atoms with E-state index in [2.05, 4.69) is 44.7 Å². The fourth-order valence-electron chi connectivity index (χ4n) is 7.27. The third-order valence-electron chi connectivity index (χ3n) is 9.30. The first-order valence-corrected chi connectivity index (χ1v) is 18.4. The van der Waals surface area contributed by atoms with E-state index in [1.807, 2.05) is 46.9 Å². The summed E-state index contributed by atoms with van der Waals surface area (Å²) in [6.45, 7) is 9.18. The van der Waals surface area contributed by atoms with E-state index in [1.54, 1.807) is 24.3 Å². The standard InChI is InChI=1S/C38H40INO6S/c1-37(2)20-28-34(30(41)22-37)33(25-18-27(39)36(32(19-25)45-5)46-47(43,44)26-14-10-7-11-15-26)35-29(21-38(3,4)23-31(35)42)40(28)17-16-24-12-8-6-9-13-24/h6-15,18-19,33H,16-17,20-23H2,1-5H3. The number of ether oxygens (including phenoxy) is 1. The molecular formula is C38H40INO6S. The van der Waals surface area contributed by atoms with Crippen LogP contribution in [-0.4, -0.2) is 38.5 Å². The Balaban J connectivity index is 1.51. The van der Waals surface area contributed by atoms with Gasteiger partial charge in [-0.15, -0.1) is 0 Å². The zero-order valence-electron chi connectivity index (χ0n) is 27.4. The van der Waals surface area contributed by atoms with Crippen molar-refractivity contribution in [2.24, 2.45) is 10.8 Å². The molecule has 2 aliphatic carbocycles. The SMILES string of the molecule is COc1cc(C2C3=C(CC(C)(C)CC3=O)N(CCc3ccccc3)C3=C2C(=O)CC(C)(C)C3)cc(I)c1OS(=O)(=O)c1ccccc1. The molecule has 0 aromatic heterocycles. The number of rotatable bonds is 8. The van der Waals surface area contributed by atoms with Crippen molar-refractivity contribution >= 4 is 44.3 Å². The lowest BCUT2D eigenvalue weighted by Gasteiger charge is -2.49. The van der Waals surface area contributed by atoms with Crippen molar-refractivity contribution in [3.8, 4) is 11.5 Å². The van der Waals surface area contributed by atoms with Crippen LogP contribution in [0.4, 0.5) is 0 Å². The summed E-state index contributed by atoms with van der Waals surface area (Å²) in [6.07, 6.45) is 2.94. The average molecular weight is 766 g/mol. The summed E-state index contributed by atoms with van der Waals surface area (Å²) in [4.78, 5) is 30.8. The van der Waals surface area contributed by atoms with Crippen molar-refractivity contribution in [1.29, 1.82) is 0 Å². The summed E-state index contributed by atoms with van der Waals surface area (Å²) in [5, 5.41) is 0. The maximum atomic E-state index is 14.3. The lowest BCUT2D eigenvalue weighted by molar-refractivity contribution is -0.119. The molecule has 6 rings (SSSR count). The Labute approximate surface area is 291 Å². The van der Waals surface area contributed by atoms with Crippen LogP contribution in [0, 0.1) is 14.4 Å². The van der Waals surface area contributed by atoms with Crippen molar-refractivity contribution in [3.63, 3.8) is 0 Å². The number of Topliss-reactive ketones (excluding diaryl/α,β-unsaturated/α-hetero) is 2. The summed E-state index contributed by atoms with van der Waals surface area (Å²) in [7, 11) is -2.68. The van der Waals surface area contributed by atoms with Crippen LogP contribution in [0.2, 0.25) is 0 Å². The van der Waals surface area contributed by atoms with Gasteiger partial charge in [-0.05, 0) is 88.1 Å². The number of hydrogen-bond acceptors (Lipinski definition) is 7. The van der Waals surface area contributed by atoms with Crippen LogP contribution in [0.1, 0.15) is 70.4 Å². The summed E-state index contributed by atoms with van der Waals surface area (Å²) in [6, 6.07) is 21.8. The monoisotopic (exact) mass is 765 g/mol. The number of hydrogen-bond donors (Lipinski definition) is 0. The van der Waals surface area contributed by atoms with Crippen molar-refractivity contribution in [1.82, 2.24) is 4.90 Å². The number of methoxy groups -OCH3 is 1. The van der Waals surface area contributed by atoms with E-state index in [0.717, 1.165) is 17.8 Å². The van der Waals surface area contributed by atoms with Crippen LogP contribution in [0.3, 0.4) is 0 Å². The van der Waals surface area contributed by atoms with Gasteiger partial charge in [0.15, 0.2) is 23.1 Å². The maximum absolute atomic E-state index is 14.3. The molecule has 3 aromatic rings. The predicted octanol–water partition coefficient (Wildman–Crippen LogP) is 8.00. The Hall–Kier alpha value is -3.44. The van der Waals surface area contributed by atoms with E-state index in [9.17, 15) is 18.0 Å². The number of ketones is 2. The van der Waals surface area contributed by atoms with Gasteiger partial charge in [0.1, 0.15) is 4.90 Å². The van der Waals surface area contributed by atoms with Gasteiger partial charge in [0.25, 0.3) is 0 Å². The highest BCUT2D eigenvalue weighted by atomic mass is 127. The van der Waals surface area contributed by atoms with E-state index in [4.69, 9.17) is 8.92 Å². The molecule has 246 valence electrons. The van der Waals surface area contributed by atoms with Gasteiger partial charge < -0.3 is 13.8 Å². The minimum absolute atomic E-state index is 0.0280. The topological polar surface area (TPSA) is 90.0 Å². The molecule has 0 bridgehead atoms. The largest absolute Gasteiger partial charge is 0.493 e. The molecule has 0 amide bonds. The highest BCUT2D eigenvalue weighted by Gasteiger charge is 2.49. The van der Waals surface area contributed by atoms with E-state index >= 15 is 0 Å². The summed E-state index contributed by atoms with van der Waals surface area (Å²) in [5.74, 6) is -0.236. The second kappa shape index (κ2) is 12.5. The van der Waals surface area contributed by atoms with Crippen LogP contribution in [0.5, 0.6) is 11.5 Å². The van der Waals surface area contributed by atoms with Gasteiger partial charge in [-0.3, -0.25) is 9.59 Å². The molecule has 3 aliphatic rings. The molecule has 0 unspecified atom stereocenters. The summed E-state index contributed by atoms with van der Waals surface area (Å²) >= 11 is 2.05. The number of halogens is 1. The maximum Gasteiger partial charge on any atom is 0.339 e. The highest BCUT2D eigenvalue weighted by Crippen LogP contribution is 2.55. The Morgan fingerprint density at radius 2 is 1.34 bits per heavy atom. The van der Waals surface area contributed by atoms with Gasteiger partial charge in [-0.2, -0.15) is 8.42 Å². The molecule has 0 spiro atoms. The van der Waals surface area contributed by atoms with E-state index < -0.39 is 16.0 Å². The molecule has 1 aliphatic heterocycles. The molecule has 3 aromatic carbocycles. The molecule has 0 saturated carbocycles. The van der Waals surface area contributed by atoms with Crippen LogP contribution >= 0.6 is 22.6 Å². The number of carbonyl (C=O) groups excluding carboxylic acids is 2. The van der Waals surface area contributed by atoms with Gasteiger partial charge in [-0.25, -0.2) is 0 Å². The number of allylic oxidation sites excluding steroid dienone is 4. The fourth-order valence-corrected chi connectivity index (χ4v) is 9.13. The summed E-state index contributed by atoms with van der Waals surface area (Å²) < 4.78 is 38.3. The lowest BCUT2D eigenvalue weighted by atomic mass is 9.63. The third-order valence-corrected chi connectivity index (χ3v) is 11.3. The summed E-state index contributed by atoms with van der Waals surface area (Å²) in [5.41, 5.74) is 4.71. The average Bonchev–Trinajstić information content (AvgIpc) is 3.00. The predicted molar refractivity (Wildman–Crippen MR) is 190 cm³/mol. The highest BCUT2D eigenvalue weighted by molar-refractivity contribution is 14.1. The first-order valence-electron chi connectivity index (χ1n) is 15.9. The van der Waals surface area contributed by atoms with Crippen LogP contribution in [0.15, 0.2) is 100 Å². The number of nitrogens with zero attached hydrogens (tertiary/aromatic N) is 1. The second-order valence-corrected chi connectivity index (χ2v) is 17.0. The first-order chi connectivity index (χ1) is 22.2. The van der Waals surface area contributed by atoms with Crippen LogP contribution in [0.25, 0.3) is 0 Å². The van der Waals surface area contributed by atoms with Crippen molar-refractivity contribution in [2.75, 3.05) is 13.7 Å². The Kier molecular flexibility index (Phi) is 8.93. The zero-order valence-corrected chi connectivity index (χ0v) is 30.4. The number of carbonyl (C=O) groups is 2. The molecule has 47 heavy (non-hydrogen) atoms. The molecule has 0 atom stereocenters. The normalized spacial score (nSPS) is 19.4. The molecular weight excluding hydrogens is 725 g/mol. The Morgan fingerprint density at radius 3 is 1.87 bits per heavy atom. The van der Waals surface area contributed by atoms with Gasteiger partial charge >= 0.3 is 10.1 Å². The number of benzene rings is 3. The third kappa shape index (κ3) is 6.66. The Bertz CT molecular complexity index is 1860. The Morgan fingerprint density at radius 1 is 0.809 bits per heavy atom. The first kappa shape index (κ1) is 33.5. The second-order valence-electron chi connectivity index (χ2n) is 14.3. The van der Waals surface area contributed by atoms with Crippen LogP contribution in [-0.2, 0) is 26.1 Å². The van der Waals surface area contributed by atoms with E-state index in [-0.39, 0.29) is 38.8 Å². The molecule has 0 saturated heterocycles. The molecule has 1 heterocycles. The smallest absolute Gasteiger partial charge is 0.339 e. The van der Waals surface area contributed by atoms with Crippen LogP contribution < -0.4 is 8.92 Å². The molecule has 0 N–H and O–H groups in total. The van der Waals surface area contributed by atoms with Gasteiger partial charge in [0.2, 0.25) is 0 Å². The molecule has 0 fully saturated rings. The van der Waals surface area contributed by atoms with Gasteiger partial charge in [0.05, 0.1) is 10.7 Å². The van der Waals surface area contributed by atoms with Gasteiger partial charge in [-0.1, -0.05) is 76.2 Å². The van der Waals surface area contributed by atoms with Crippen molar-refractivity contribution in [2.45, 2.75) is 70.6 Å².